The second-order valence-corrected chi connectivity index (χ2v) is 15.8. The van der Waals surface area contributed by atoms with Crippen LogP contribution < -0.4 is 0 Å². The molecule has 0 atom stereocenters. The number of hydrogen-bond donors (Lipinski definition) is 0. The fourth-order valence-corrected chi connectivity index (χ4v) is 10.7. The molecule has 0 aromatic rings. The van der Waals surface area contributed by atoms with E-state index in [2.05, 4.69) is 61.7 Å². The molecule has 0 aliphatic heterocycles. The van der Waals surface area contributed by atoms with Crippen molar-refractivity contribution in [2.24, 2.45) is 0 Å². The van der Waals surface area contributed by atoms with Gasteiger partial charge < -0.3 is 9.30 Å². The van der Waals surface area contributed by atoms with Crippen LogP contribution >= 0.6 is 0 Å². The first kappa shape index (κ1) is 22.3. The quantitative estimate of drug-likeness (QED) is 0.624. The third kappa shape index (κ3) is 31.4. The van der Waals surface area contributed by atoms with Crippen molar-refractivity contribution >= 4 is 35.8 Å². The molecule has 0 aromatic carbocycles. The van der Waals surface area contributed by atoms with E-state index in [4.69, 9.17) is 0 Å². The van der Waals surface area contributed by atoms with Gasteiger partial charge in [0.15, 0.2) is 0 Å². The Hall–Kier alpha value is 2.11. The van der Waals surface area contributed by atoms with Gasteiger partial charge in [0, 0.05) is 0 Å². The topological polar surface area (TPSA) is 28.2 Å². The summed E-state index contributed by atoms with van der Waals surface area (Å²) in [5, 5.41) is 0. The normalized spacial score (nSPS) is 10.4. The van der Waals surface area contributed by atoms with Crippen LogP contribution in [0.4, 0.5) is 0 Å². The molecule has 0 N–H and O–H groups in total. The van der Waals surface area contributed by atoms with E-state index in [0.717, 1.165) is 0 Å². The third-order valence-electron chi connectivity index (χ3n) is 1.19. The Morgan fingerprint density at radius 1 is 0.467 bits per heavy atom. The van der Waals surface area contributed by atoms with Crippen molar-refractivity contribution < 1.29 is 39.9 Å². The Labute approximate surface area is 136 Å². The van der Waals surface area contributed by atoms with Crippen LogP contribution in [0.2, 0.25) is 52.4 Å². The molecule has 0 amide bonds. The molecule has 0 saturated heterocycles. The molecule has 0 saturated carbocycles. The van der Waals surface area contributed by atoms with Gasteiger partial charge in [0.25, 0.3) is 0 Å². The summed E-state index contributed by atoms with van der Waals surface area (Å²) in [6, 6.07) is 0. The van der Waals surface area contributed by atoms with Gasteiger partial charge in [-0.25, -0.2) is 0 Å². The molecule has 0 aromatic heterocycles. The van der Waals surface area contributed by atoms with Gasteiger partial charge in [-0.3, -0.25) is 0 Å². The smallest absolute Gasteiger partial charge is 0.672 e. The molecule has 0 fully saturated rings. The Balaban J connectivity index is -0.000000180. The second-order valence-electron chi connectivity index (χ2n) is 4.67. The van der Waals surface area contributed by atoms with Crippen LogP contribution in [-0.2, 0) is 0 Å². The SMILES string of the molecule is C[SiH](C)[N-][SiH](C)C.C[SiH](C)[N-][SiH](C)C.[Gd+2]. The van der Waals surface area contributed by atoms with Crippen molar-refractivity contribution in [1.29, 1.82) is 0 Å². The van der Waals surface area contributed by atoms with Crippen LogP contribution in [0, 0.1) is 39.9 Å². The summed E-state index contributed by atoms with van der Waals surface area (Å²) >= 11 is 0. The Bertz CT molecular complexity index is 97.2. The van der Waals surface area contributed by atoms with E-state index < -0.39 is 35.8 Å². The number of rotatable bonds is 4. The summed E-state index contributed by atoms with van der Waals surface area (Å²) in [5.41, 5.74) is 0. The molecular formula is C8H28GdN2Si4. The predicted octanol–water partition coefficient (Wildman–Crippen LogP) is 2.65. The molecular weight excluding hydrogens is 394 g/mol. The summed E-state index contributed by atoms with van der Waals surface area (Å²) in [6.07, 6.45) is 0. The van der Waals surface area contributed by atoms with Gasteiger partial charge >= 0.3 is 39.9 Å². The molecule has 0 spiro atoms. The fourth-order valence-electron chi connectivity index (χ4n) is 1.19. The van der Waals surface area contributed by atoms with Crippen molar-refractivity contribution in [1.82, 2.24) is 0 Å². The predicted molar refractivity (Wildman–Crippen MR) is 82.2 cm³/mol. The van der Waals surface area contributed by atoms with E-state index >= 15 is 0 Å². The Morgan fingerprint density at radius 3 is 0.600 bits per heavy atom. The van der Waals surface area contributed by atoms with Crippen LogP contribution in [0.3, 0.4) is 0 Å². The molecule has 7 heteroatoms. The maximum Gasteiger partial charge on any atom is 2.00 e. The Morgan fingerprint density at radius 2 is 0.600 bits per heavy atom. The minimum atomic E-state index is -0.542. The van der Waals surface area contributed by atoms with Crippen molar-refractivity contribution in [3.8, 4) is 0 Å². The van der Waals surface area contributed by atoms with Gasteiger partial charge in [-0.2, -0.15) is 0 Å². The summed E-state index contributed by atoms with van der Waals surface area (Å²) in [7, 11) is -2.17. The molecule has 0 heterocycles. The first-order chi connectivity index (χ1) is 6.25. The van der Waals surface area contributed by atoms with Gasteiger partial charge in [-0.1, -0.05) is 88.2 Å². The van der Waals surface area contributed by atoms with Gasteiger partial charge in [-0.05, 0) is 0 Å². The minimum Gasteiger partial charge on any atom is -0.672 e. The fraction of sp³-hybridized carbons (Fsp3) is 1.00. The molecule has 0 rings (SSSR count). The van der Waals surface area contributed by atoms with Crippen LogP contribution in [0.1, 0.15) is 0 Å². The van der Waals surface area contributed by atoms with E-state index in [-0.39, 0.29) is 39.9 Å². The van der Waals surface area contributed by atoms with E-state index in [1.165, 1.54) is 0 Å². The zero-order valence-corrected chi connectivity index (χ0v) is 18.4. The van der Waals surface area contributed by atoms with Crippen LogP contribution in [0.25, 0.3) is 9.30 Å². The van der Waals surface area contributed by atoms with E-state index in [1.807, 2.05) is 0 Å². The third-order valence-corrected chi connectivity index (χ3v) is 10.7. The zero-order valence-electron chi connectivity index (χ0n) is 11.6. The van der Waals surface area contributed by atoms with Crippen molar-refractivity contribution in [3.63, 3.8) is 0 Å². The summed E-state index contributed by atoms with van der Waals surface area (Å²) < 4.78 is 9.11. The Kier molecular flexibility index (Phi) is 21.1. The maximum atomic E-state index is 4.56. The van der Waals surface area contributed by atoms with E-state index in [9.17, 15) is 0 Å². The van der Waals surface area contributed by atoms with Gasteiger partial charge in [-0.15, -0.1) is 0 Å². The van der Waals surface area contributed by atoms with Gasteiger partial charge in [0.2, 0.25) is 0 Å². The standard InChI is InChI=1S/2C4H14NSi2.Gd/c2*1-6(2)5-7(3)4;/h2*6-7H,1-4H3;/q2*-1;+2. The molecule has 0 unspecified atom stereocenters. The number of hydrogen-bond acceptors (Lipinski definition) is 0. The molecule has 0 radical (unpaired) electrons. The number of nitrogens with zero attached hydrogens (tertiary/aromatic N) is 2. The molecule has 94 valence electrons. The molecule has 0 bridgehead atoms. The zero-order chi connectivity index (χ0) is 11.7. The summed E-state index contributed by atoms with van der Waals surface area (Å²) in [6.45, 7) is 18.2. The van der Waals surface area contributed by atoms with Crippen LogP contribution in [-0.4, -0.2) is 35.8 Å². The summed E-state index contributed by atoms with van der Waals surface area (Å²) in [5.74, 6) is 0. The average molecular weight is 422 g/mol. The second kappa shape index (κ2) is 14.2. The van der Waals surface area contributed by atoms with Crippen LogP contribution in [0.5, 0.6) is 0 Å². The van der Waals surface area contributed by atoms with Crippen molar-refractivity contribution in [3.05, 3.63) is 9.30 Å². The van der Waals surface area contributed by atoms with E-state index in [0.29, 0.717) is 0 Å². The average Bonchev–Trinajstić information content (AvgIpc) is 1.79. The largest absolute Gasteiger partial charge is 2.00 e. The minimum absolute atomic E-state index is 0. The molecule has 15 heavy (non-hydrogen) atoms. The van der Waals surface area contributed by atoms with Gasteiger partial charge in [0.1, 0.15) is 0 Å². The molecule has 2 nitrogen and oxygen atoms in total. The summed E-state index contributed by atoms with van der Waals surface area (Å²) in [4.78, 5) is 0. The van der Waals surface area contributed by atoms with Gasteiger partial charge in [0.05, 0.1) is 0 Å². The first-order valence-electron chi connectivity index (χ1n) is 5.65. The first-order valence-corrected chi connectivity index (χ1v) is 17.0. The van der Waals surface area contributed by atoms with Crippen molar-refractivity contribution in [2.45, 2.75) is 52.4 Å². The van der Waals surface area contributed by atoms with Crippen LogP contribution in [0.15, 0.2) is 0 Å². The monoisotopic (exact) mass is 422 g/mol. The molecule has 0 aliphatic rings. The van der Waals surface area contributed by atoms with Crippen molar-refractivity contribution in [2.75, 3.05) is 0 Å². The maximum absolute atomic E-state index is 4.56. The molecule has 0 aliphatic carbocycles. The van der Waals surface area contributed by atoms with E-state index in [1.54, 1.807) is 0 Å².